The quantitative estimate of drug-likeness (QED) is 0.515. The summed E-state index contributed by atoms with van der Waals surface area (Å²) < 4.78 is 41.7. The summed E-state index contributed by atoms with van der Waals surface area (Å²) in [6.45, 7) is 3.98. The van der Waals surface area contributed by atoms with Crippen LogP contribution in [0.3, 0.4) is 0 Å². The Labute approximate surface area is 192 Å². The molecule has 0 aliphatic carbocycles. The van der Waals surface area contributed by atoms with Gasteiger partial charge in [0.25, 0.3) is 5.91 Å². The number of hydrogen-bond donors (Lipinski definition) is 1. The van der Waals surface area contributed by atoms with Gasteiger partial charge in [0.2, 0.25) is 10.0 Å². The molecule has 0 saturated heterocycles. The van der Waals surface area contributed by atoms with Crippen molar-refractivity contribution in [3.8, 4) is 11.5 Å². The number of nitrogens with one attached hydrogen (secondary N) is 1. The lowest BCUT2D eigenvalue weighted by Crippen LogP contribution is -2.23. The van der Waals surface area contributed by atoms with Gasteiger partial charge < -0.3 is 19.5 Å². The van der Waals surface area contributed by atoms with Crippen molar-refractivity contribution in [3.63, 3.8) is 0 Å². The highest BCUT2D eigenvalue weighted by Crippen LogP contribution is 2.30. The third-order valence-electron chi connectivity index (χ3n) is 4.09. The normalized spacial score (nSPS) is 11.2. The summed E-state index contributed by atoms with van der Waals surface area (Å²) >= 11 is 5.97. The lowest BCUT2D eigenvalue weighted by Gasteiger charge is -2.14. The number of nitrogens with zero attached hydrogens (tertiary/aromatic N) is 1. The van der Waals surface area contributed by atoms with Crippen LogP contribution in [0.15, 0.2) is 41.3 Å². The summed E-state index contributed by atoms with van der Waals surface area (Å²) in [4.78, 5) is 24.3. The van der Waals surface area contributed by atoms with Crippen molar-refractivity contribution in [2.24, 2.45) is 0 Å². The minimum absolute atomic E-state index is 0.0337. The first-order valence-electron chi connectivity index (χ1n) is 9.68. The average Bonchev–Trinajstić information content (AvgIpc) is 2.74. The molecule has 11 heteroatoms. The minimum atomic E-state index is -3.86. The second-order valence-electron chi connectivity index (χ2n) is 6.58. The maximum Gasteiger partial charge on any atom is 0.338 e. The molecule has 0 heterocycles. The zero-order chi connectivity index (χ0) is 23.9. The van der Waals surface area contributed by atoms with Crippen LogP contribution in [0, 0.1) is 0 Å². The number of benzene rings is 2. The molecule has 0 aromatic heterocycles. The third kappa shape index (κ3) is 6.35. The fourth-order valence-electron chi connectivity index (χ4n) is 2.57. The predicted octanol–water partition coefficient (Wildman–Crippen LogP) is 3.18. The first-order chi connectivity index (χ1) is 15.1. The van der Waals surface area contributed by atoms with Crippen LogP contribution in [0.2, 0.25) is 5.02 Å². The van der Waals surface area contributed by atoms with Crippen LogP contribution in [-0.2, 0) is 19.6 Å². The number of ether oxygens (including phenoxy) is 3. The molecule has 1 N–H and O–H groups in total. The Hall–Kier alpha value is -2.82. The van der Waals surface area contributed by atoms with Gasteiger partial charge in [-0.2, -0.15) is 0 Å². The monoisotopic (exact) mass is 484 g/mol. The molecule has 0 bridgehead atoms. The molecule has 0 spiro atoms. The van der Waals surface area contributed by atoms with Crippen LogP contribution in [-0.4, -0.2) is 58.5 Å². The van der Waals surface area contributed by atoms with Gasteiger partial charge in [0.05, 0.1) is 23.8 Å². The van der Waals surface area contributed by atoms with Gasteiger partial charge in [0, 0.05) is 25.8 Å². The molecule has 1 amide bonds. The van der Waals surface area contributed by atoms with E-state index in [2.05, 4.69) is 5.32 Å². The van der Waals surface area contributed by atoms with Gasteiger partial charge in [-0.25, -0.2) is 17.5 Å². The van der Waals surface area contributed by atoms with Gasteiger partial charge in [-0.05, 0) is 44.2 Å². The molecule has 32 heavy (non-hydrogen) atoms. The van der Waals surface area contributed by atoms with Crippen molar-refractivity contribution in [2.45, 2.75) is 18.7 Å². The van der Waals surface area contributed by atoms with E-state index in [0.717, 1.165) is 10.4 Å². The van der Waals surface area contributed by atoms with E-state index in [1.54, 1.807) is 18.2 Å². The molecule has 2 aromatic rings. The van der Waals surface area contributed by atoms with E-state index in [9.17, 15) is 18.0 Å². The molecule has 0 atom stereocenters. The van der Waals surface area contributed by atoms with Gasteiger partial charge in [0.1, 0.15) is 4.90 Å². The molecule has 0 aliphatic heterocycles. The van der Waals surface area contributed by atoms with Gasteiger partial charge in [-0.3, -0.25) is 4.79 Å². The predicted molar refractivity (Wildman–Crippen MR) is 120 cm³/mol. The zero-order valence-electron chi connectivity index (χ0n) is 18.2. The highest BCUT2D eigenvalue weighted by Gasteiger charge is 2.23. The van der Waals surface area contributed by atoms with Crippen LogP contribution in [0.25, 0.3) is 0 Å². The van der Waals surface area contributed by atoms with Gasteiger partial charge in [0.15, 0.2) is 18.1 Å². The van der Waals surface area contributed by atoms with Crippen molar-refractivity contribution in [1.29, 1.82) is 0 Å². The van der Waals surface area contributed by atoms with Crippen LogP contribution in [0.4, 0.5) is 5.69 Å². The number of carbonyl (C=O) groups is 2. The van der Waals surface area contributed by atoms with E-state index in [4.69, 9.17) is 25.8 Å². The Kier molecular flexibility index (Phi) is 8.88. The van der Waals surface area contributed by atoms with Crippen molar-refractivity contribution in [2.75, 3.05) is 39.2 Å². The molecule has 0 fully saturated rings. The number of halogens is 1. The Morgan fingerprint density at radius 1 is 1.00 bits per heavy atom. The fourth-order valence-corrected chi connectivity index (χ4v) is 3.96. The van der Waals surface area contributed by atoms with Crippen molar-refractivity contribution in [1.82, 2.24) is 4.31 Å². The number of sulfonamides is 1. The second kappa shape index (κ2) is 11.2. The van der Waals surface area contributed by atoms with Crippen LogP contribution >= 0.6 is 11.6 Å². The van der Waals surface area contributed by atoms with Crippen molar-refractivity contribution < 1.29 is 32.2 Å². The van der Waals surface area contributed by atoms with E-state index < -0.39 is 28.5 Å². The molecular weight excluding hydrogens is 460 g/mol. The Balaban J connectivity index is 2.06. The topological polar surface area (TPSA) is 111 Å². The van der Waals surface area contributed by atoms with Gasteiger partial charge in [-0.15, -0.1) is 0 Å². The highest BCUT2D eigenvalue weighted by molar-refractivity contribution is 7.89. The Morgan fingerprint density at radius 2 is 1.66 bits per heavy atom. The molecule has 0 saturated carbocycles. The fraction of sp³-hybridized carbons (Fsp3) is 0.333. The van der Waals surface area contributed by atoms with Gasteiger partial charge in [-0.1, -0.05) is 11.6 Å². The van der Waals surface area contributed by atoms with E-state index in [0.29, 0.717) is 30.4 Å². The van der Waals surface area contributed by atoms with E-state index in [1.807, 2.05) is 13.8 Å². The SMILES string of the molecule is CCOc1ccc(NC(=O)COC(=O)c2ccc(Cl)c(S(=O)(=O)N(C)C)c2)cc1OCC. The number of anilines is 1. The van der Waals surface area contributed by atoms with Crippen LogP contribution in [0.5, 0.6) is 11.5 Å². The van der Waals surface area contributed by atoms with Crippen LogP contribution in [0.1, 0.15) is 24.2 Å². The highest BCUT2D eigenvalue weighted by atomic mass is 35.5. The second-order valence-corrected chi connectivity index (χ2v) is 9.11. The lowest BCUT2D eigenvalue weighted by molar-refractivity contribution is -0.119. The third-order valence-corrected chi connectivity index (χ3v) is 6.38. The standard InChI is InChI=1S/C21H25ClN2O7S/c1-5-29-17-10-8-15(12-18(17)30-6-2)23-20(25)13-31-21(26)14-7-9-16(22)19(11-14)32(27,28)24(3)4/h7-12H,5-6,13H2,1-4H3,(H,23,25). The molecule has 0 radical (unpaired) electrons. The molecule has 2 rings (SSSR count). The Morgan fingerprint density at radius 3 is 2.28 bits per heavy atom. The number of carbonyl (C=O) groups excluding carboxylic acids is 2. The summed E-state index contributed by atoms with van der Waals surface area (Å²) in [5.41, 5.74) is 0.381. The number of amides is 1. The average molecular weight is 485 g/mol. The summed E-state index contributed by atoms with van der Waals surface area (Å²) in [6.07, 6.45) is 0. The molecule has 0 unspecified atom stereocenters. The largest absolute Gasteiger partial charge is 0.490 e. The molecule has 2 aromatic carbocycles. The van der Waals surface area contributed by atoms with Crippen molar-refractivity contribution in [3.05, 3.63) is 47.0 Å². The lowest BCUT2D eigenvalue weighted by atomic mass is 10.2. The zero-order valence-corrected chi connectivity index (χ0v) is 19.7. The summed E-state index contributed by atoms with van der Waals surface area (Å²) in [7, 11) is -1.17. The van der Waals surface area contributed by atoms with E-state index in [-0.39, 0.29) is 15.5 Å². The molecule has 9 nitrogen and oxygen atoms in total. The molecule has 0 aliphatic rings. The molecule has 174 valence electrons. The maximum absolute atomic E-state index is 12.3. The summed E-state index contributed by atoms with van der Waals surface area (Å²) in [5.74, 6) is -0.432. The maximum atomic E-state index is 12.3. The molecular formula is C21H25ClN2O7S. The first kappa shape index (κ1) is 25.4. The Bertz CT molecular complexity index is 1090. The number of rotatable bonds is 10. The van der Waals surface area contributed by atoms with Gasteiger partial charge >= 0.3 is 5.97 Å². The van der Waals surface area contributed by atoms with Crippen LogP contribution < -0.4 is 14.8 Å². The van der Waals surface area contributed by atoms with E-state index >= 15 is 0 Å². The van der Waals surface area contributed by atoms with Crippen molar-refractivity contribution >= 4 is 39.2 Å². The van der Waals surface area contributed by atoms with E-state index in [1.165, 1.54) is 26.2 Å². The summed E-state index contributed by atoms with van der Waals surface area (Å²) in [5, 5.41) is 2.57. The minimum Gasteiger partial charge on any atom is -0.490 e. The smallest absolute Gasteiger partial charge is 0.338 e. The first-order valence-corrected chi connectivity index (χ1v) is 11.5. The summed E-state index contributed by atoms with van der Waals surface area (Å²) in [6, 6.07) is 8.60. The number of hydrogen-bond acceptors (Lipinski definition) is 7. The number of esters is 1.